The summed E-state index contributed by atoms with van der Waals surface area (Å²) in [6.45, 7) is 3.02. The molecule has 0 aliphatic rings. The van der Waals surface area contributed by atoms with Gasteiger partial charge in [-0.05, 0) is 14.0 Å². The van der Waals surface area contributed by atoms with Crippen LogP contribution in [-0.4, -0.2) is 38.9 Å². The Morgan fingerprint density at radius 3 is 2.56 bits per heavy atom. The number of hydrogen-bond acceptors (Lipinski definition) is 3. The monoisotopic (exact) mass is 132 g/mol. The lowest BCUT2D eigenvalue weighted by molar-refractivity contribution is -0.112. The second-order valence-corrected chi connectivity index (χ2v) is 2.18. The molecule has 3 heteroatoms. The van der Waals surface area contributed by atoms with E-state index < -0.39 is 0 Å². The van der Waals surface area contributed by atoms with Gasteiger partial charge in [-0.3, -0.25) is 0 Å². The molecule has 0 spiro atoms. The van der Waals surface area contributed by atoms with Crippen molar-refractivity contribution in [3.05, 3.63) is 0 Å². The van der Waals surface area contributed by atoms with E-state index >= 15 is 0 Å². The lowest BCUT2D eigenvalue weighted by atomic mass is 10.3. The van der Waals surface area contributed by atoms with Crippen LogP contribution in [-0.2, 0) is 4.84 Å². The first-order valence-electron chi connectivity index (χ1n) is 3.13. The van der Waals surface area contributed by atoms with Crippen molar-refractivity contribution < 1.29 is 4.84 Å². The van der Waals surface area contributed by atoms with Crippen LogP contribution in [0.4, 0.5) is 0 Å². The van der Waals surface area contributed by atoms with E-state index in [-0.39, 0.29) is 0 Å². The molecule has 0 fully saturated rings. The molecule has 0 rings (SSSR count). The number of nitrogens with one attached hydrogen (secondary N) is 1. The lowest BCUT2D eigenvalue weighted by Gasteiger charge is -2.17. The van der Waals surface area contributed by atoms with Crippen molar-refractivity contribution in [2.75, 3.05) is 27.7 Å². The van der Waals surface area contributed by atoms with Crippen molar-refractivity contribution >= 4 is 0 Å². The predicted octanol–water partition coefficient (Wildman–Crippen LogP) is 0.0875. The fourth-order valence-corrected chi connectivity index (χ4v) is 0.551. The zero-order chi connectivity index (χ0) is 7.28. The summed E-state index contributed by atoms with van der Waals surface area (Å²) in [5.41, 5.74) is 0. The molecule has 1 N–H and O–H groups in total. The summed E-state index contributed by atoms with van der Waals surface area (Å²) in [5, 5.41) is 4.90. The Morgan fingerprint density at radius 1 is 1.67 bits per heavy atom. The Kier molecular flexibility index (Phi) is 4.67. The quantitative estimate of drug-likeness (QED) is 0.548. The maximum absolute atomic E-state index is 4.92. The Hall–Kier alpha value is -0.120. The highest BCUT2D eigenvalue weighted by molar-refractivity contribution is 4.56. The Morgan fingerprint density at radius 2 is 2.22 bits per heavy atom. The molecule has 0 amide bonds. The lowest BCUT2D eigenvalue weighted by Crippen LogP contribution is -2.34. The maximum Gasteiger partial charge on any atom is 0.0575 e. The van der Waals surface area contributed by atoms with Crippen LogP contribution in [0, 0.1) is 0 Å². The fraction of sp³-hybridized carbons (Fsp3) is 1.00. The Bertz CT molecular complexity index is 60.1. The molecule has 0 aliphatic heterocycles. The minimum Gasteiger partial charge on any atom is -0.316 e. The molecule has 0 saturated carbocycles. The van der Waals surface area contributed by atoms with Gasteiger partial charge in [-0.25, -0.2) is 0 Å². The molecule has 0 aromatic rings. The van der Waals surface area contributed by atoms with Gasteiger partial charge in [-0.1, -0.05) is 0 Å². The number of likely N-dealkylation sites (N-methyl/N-ethyl adjacent to an activating group) is 2. The highest BCUT2D eigenvalue weighted by Crippen LogP contribution is 1.85. The minimum atomic E-state index is 0.481. The Balaban J connectivity index is 3.22. The highest BCUT2D eigenvalue weighted by Gasteiger charge is 2.00. The molecule has 9 heavy (non-hydrogen) atoms. The van der Waals surface area contributed by atoms with Crippen molar-refractivity contribution in [3.8, 4) is 0 Å². The first-order valence-corrected chi connectivity index (χ1v) is 3.13. The third-order valence-corrected chi connectivity index (χ3v) is 1.34. The van der Waals surface area contributed by atoms with E-state index in [4.69, 9.17) is 4.84 Å². The van der Waals surface area contributed by atoms with Gasteiger partial charge in [0.2, 0.25) is 0 Å². The average molecular weight is 132 g/mol. The van der Waals surface area contributed by atoms with Crippen molar-refractivity contribution in [1.82, 2.24) is 10.4 Å². The third-order valence-electron chi connectivity index (χ3n) is 1.34. The molecule has 56 valence electrons. The van der Waals surface area contributed by atoms with Crippen molar-refractivity contribution in [2.45, 2.75) is 13.0 Å². The molecule has 0 radical (unpaired) electrons. The smallest absolute Gasteiger partial charge is 0.0575 e. The minimum absolute atomic E-state index is 0.481. The highest BCUT2D eigenvalue weighted by atomic mass is 16.7. The first kappa shape index (κ1) is 8.88. The van der Waals surface area contributed by atoms with Crippen LogP contribution < -0.4 is 5.32 Å². The average Bonchev–Trinajstić information content (AvgIpc) is 1.87. The van der Waals surface area contributed by atoms with Crippen LogP contribution in [0.2, 0.25) is 0 Å². The van der Waals surface area contributed by atoms with E-state index in [1.54, 1.807) is 12.2 Å². The van der Waals surface area contributed by atoms with Gasteiger partial charge in [0.1, 0.15) is 0 Å². The molecule has 0 bridgehead atoms. The van der Waals surface area contributed by atoms with Gasteiger partial charge in [-0.2, -0.15) is 5.06 Å². The maximum atomic E-state index is 4.92. The standard InChI is InChI=1S/C6H16N2O/c1-6(7-2)5-8(3)9-4/h6-7H,5H2,1-4H3. The third kappa shape index (κ3) is 4.39. The van der Waals surface area contributed by atoms with Crippen molar-refractivity contribution in [3.63, 3.8) is 0 Å². The summed E-state index contributed by atoms with van der Waals surface area (Å²) in [6, 6.07) is 0.481. The predicted molar refractivity (Wildman–Crippen MR) is 38.2 cm³/mol. The van der Waals surface area contributed by atoms with E-state index in [1.165, 1.54) is 0 Å². The van der Waals surface area contributed by atoms with Gasteiger partial charge >= 0.3 is 0 Å². The van der Waals surface area contributed by atoms with Crippen molar-refractivity contribution in [2.24, 2.45) is 0 Å². The summed E-state index contributed by atoms with van der Waals surface area (Å²) < 4.78 is 0. The second-order valence-electron chi connectivity index (χ2n) is 2.18. The van der Waals surface area contributed by atoms with Crippen LogP contribution in [0.25, 0.3) is 0 Å². The van der Waals surface area contributed by atoms with Gasteiger partial charge in [0, 0.05) is 19.6 Å². The Labute approximate surface area is 56.9 Å². The van der Waals surface area contributed by atoms with Crippen LogP contribution in [0.5, 0.6) is 0 Å². The van der Waals surface area contributed by atoms with Crippen LogP contribution in [0.1, 0.15) is 6.92 Å². The second kappa shape index (κ2) is 4.73. The number of rotatable bonds is 4. The molecule has 1 atom stereocenters. The van der Waals surface area contributed by atoms with Crippen LogP contribution in [0.3, 0.4) is 0 Å². The molecule has 1 unspecified atom stereocenters. The summed E-state index contributed by atoms with van der Waals surface area (Å²) in [5.74, 6) is 0. The van der Waals surface area contributed by atoms with Crippen LogP contribution in [0.15, 0.2) is 0 Å². The molecule has 0 heterocycles. The molecule has 3 nitrogen and oxygen atoms in total. The fourth-order valence-electron chi connectivity index (χ4n) is 0.551. The summed E-state index contributed by atoms with van der Waals surface area (Å²) in [4.78, 5) is 4.92. The van der Waals surface area contributed by atoms with Crippen LogP contribution >= 0.6 is 0 Å². The van der Waals surface area contributed by atoms with Gasteiger partial charge in [0.25, 0.3) is 0 Å². The largest absolute Gasteiger partial charge is 0.316 e. The number of hydrogen-bond donors (Lipinski definition) is 1. The summed E-state index contributed by atoms with van der Waals surface area (Å²) in [6.07, 6.45) is 0. The van der Waals surface area contributed by atoms with E-state index in [2.05, 4.69) is 12.2 Å². The topological polar surface area (TPSA) is 24.5 Å². The van der Waals surface area contributed by atoms with Gasteiger partial charge in [-0.15, -0.1) is 0 Å². The summed E-state index contributed by atoms with van der Waals surface area (Å²) >= 11 is 0. The zero-order valence-corrected chi connectivity index (χ0v) is 6.64. The molecule has 0 aromatic carbocycles. The molecule has 0 aromatic heterocycles. The van der Waals surface area contributed by atoms with Gasteiger partial charge in [0.15, 0.2) is 0 Å². The molecule has 0 aliphatic carbocycles. The SMILES string of the molecule is CNC(C)CN(C)OC. The van der Waals surface area contributed by atoms with Crippen molar-refractivity contribution in [1.29, 1.82) is 0 Å². The first-order chi connectivity index (χ1) is 4.20. The normalized spacial score (nSPS) is 14.3. The van der Waals surface area contributed by atoms with Gasteiger partial charge < -0.3 is 10.2 Å². The number of hydroxylamine groups is 2. The molecular weight excluding hydrogens is 116 g/mol. The molecule has 0 saturated heterocycles. The number of nitrogens with zero attached hydrogens (tertiary/aromatic N) is 1. The zero-order valence-electron chi connectivity index (χ0n) is 6.64. The van der Waals surface area contributed by atoms with E-state index in [0.29, 0.717) is 6.04 Å². The molecular formula is C6H16N2O. The summed E-state index contributed by atoms with van der Waals surface area (Å²) in [7, 11) is 5.52. The van der Waals surface area contributed by atoms with E-state index in [9.17, 15) is 0 Å². The van der Waals surface area contributed by atoms with E-state index in [0.717, 1.165) is 6.54 Å². The van der Waals surface area contributed by atoms with E-state index in [1.807, 2.05) is 14.1 Å². The van der Waals surface area contributed by atoms with Gasteiger partial charge in [0.05, 0.1) is 7.11 Å².